The third kappa shape index (κ3) is 6.71. The van der Waals surface area contributed by atoms with Gasteiger partial charge in [0.15, 0.2) is 0 Å². The summed E-state index contributed by atoms with van der Waals surface area (Å²) in [5, 5.41) is 13.2. The quantitative estimate of drug-likeness (QED) is 0.351. The molecule has 0 saturated carbocycles. The van der Waals surface area contributed by atoms with E-state index in [9.17, 15) is 19.7 Å². The summed E-state index contributed by atoms with van der Waals surface area (Å²) in [4.78, 5) is 34.9. The highest BCUT2D eigenvalue weighted by molar-refractivity contribution is 5.83. The Balaban J connectivity index is 2.13. The van der Waals surface area contributed by atoms with Crippen molar-refractivity contribution in [2.75, 3.05) is 0 Å². The SMILES string of the molecule is CC(C)(C)OC(=O)N[C@@H](Cc1ccccc1)C(=O)Oc1ccc([N+](=O)[O-])cc1. The maximum Gasteiger partial charge on any atom is 0.408 e. The zero-order valence-corrected chi connectivity index (χ0v) is 15.9. The summed E-state index contributed by atoms with van der Waals surface area (Å²) in [7, 11) is 0. The Morgan fingerprint density at radius 1 is 1.07 bits per heavy atom. The second-order valence-corrected chi connectivity index (χ2v) is 7.06. The van der Waals surface area contributed by atoms with E-state index in [1.807, 2.05) is 30.3 Å². The molecule has 0 aromatic heterocycles. The van der Waals surface area contributed by atoms with Crippen LogP contribution < -0.4 is 10.1 Å². The maximum atomic E-state index is 12.6. The van der Waals surface area contributed by atoms with Gasteiger partial charge in [0.05, 0.1) is 4.92 Å². The van der Waals surface area contributed by atoms with Crippen LogP contribution in [-0.4, -0.2) is 28.6 Å². The first kappa shape index (κ1) is 20.9. The standard InChI is InChI=1S/C20H22N2O6/c1-20(2,3)28-19(24)21-17(13-14-7-5-4-6-8-14)18(23)27-16-11-9-15(10-12-16)22(25)26/h4-12,17H,13H2,1-3H3,(H,21,24)/t17-/m0/s1. The van der Waals surface area contributed by atoms with Crippen molar-refractivity contribution in [2.24, 2.45) is 0 Å². The van der Waals surface area contributed by atoms with Gasteiger partial charge in [-0.1, -0.05) is 30.3 Å². The van der Waals surface area contributed by atoms with Crippen molar-refractivity contribution in [2.45, 2.75) is 38.8 Å². The molecular weight excluding hydrogens is 364 g/mol. The van der Waals surface area contributed by atoms with E-state index in [0.29, 0.717) is 0 Å². The number of hydrogen-bond donors (Lipinski definition) is 1. The summed E-state index contributed by atoms with van der Waals surface area (Å²) in [5.74, 6) is -0.566. The number of amides is 1. The van der Waals surface area contributed by atoms with Crippen molar-refractivity contribution in [3.63, 3.8) is 0 Å². The van der Waals surface area contributed by atoms with E-state index in [0.717, 1.165) is 5.56 Å². The van der Waals surface area contributed by atoms with Crippen molar-refractivity contribution >= 4 is 17.7 Å². The predicted molar refractivity (Wildman–Crippen MR) is 102 cm³/mol. The van der Waals surface area contributed by atoms with Crippen LogP contribution in [0.25, 0.3) is 0 Å². The lowest BCUT2D eigenvalue weighted by molar-refractivity contribution is -0.384. The van der Waals surface area contributed by atoms with Crippen molar-refractivity contribution < 1.29 is 24.0 Å². The van der Waals surface area contributed by atoms with Crippen LogP contribution in [0, 0.1) is 10.1 Å². The fourth-order valence-corrected chi connectivity index (χ4v) is 2.32. The van der Waals surface area contributed by atoms with Crippen LogP contribution in [0.2, 0.25) is 0 Å². The lowest BCUT2D eigenvalue weighted by Gasteiger charge is -2.23. The monoisotopic (exact) mass is 386 g/mol. The van der Waals surface area contributed by atoms with Crippen LogP contribution in [0.15, 0.2) is 54.6 Å². The molecule has 1 N–H and O–H groups in total. The van der Waals surface area contributed by atoms with Gasteiger partial charge >= 0.3 is 12.1 Å². The normalized spacial score (nSPS) is 12.0. The molecule has 2 aromatic carbocycles. The molecule has 0 fully saturated rings. The Bertz CT molecular complexity index is 828. The first-order valence-electron chi connectivity index (χ1n) is 8.63. The van der Waals surface area contributed by atoms with Crippen LogP contribution in [0.5, 0.6) is 5.75 Å². The van der Waals surface area contributed by atoms with Crippen molar-refractivity contribution in [1.29, 1.82) is 0 Å². The fraction of sp³-hybridized carbons (Fsp3) is 0.300. The summed E-state index contributed by atoms with van der Waals surface area (Å²) in [6.07, 6.45) is -0.541. The average Bonchev–Trinajstić information content (AvgIpc) is 2.61. The van der Waals surface area contributed by atoms with E-state index >= 15 is 0 Å². The molecule has 1 atom stereocenters. The van der Waals surface area contributed by atoms with Crippen LogP contribution in [0.1, 0.15) is 26.3 Å². The smallest absolute Gasteiger partial charge is 0.408 e. The van der Waals surface area contributed by atoms with Crippen LogP contribution in [0.4, 0.5) is 10.5 Å². The number of rotatable bonds is 6. The molecule has 0 radical (unpaired) electrons. The number of non-ortho nitro benzene ring substituents is 1. The van der Waals surface area contributed by atoms with Gasteiger partial charge in [-0.2, -0.15) is 0 Å². The number of nitro groups is 1. The number of nitro benzene ring substituents is 1. The summed E-state index contributed by atoms with van der Waals surface area (Å²) in [6.45, 7) is 5.15. The van der Waals surface area contributed by atoms with Gasteiger partial charge in [-0.25, -0.2) is 9.59 Å². The lowest BCUT2D eigenvalue weighted by atomic mass is 10.1. The number of hydrogen-bond acceptors (Lipinski definition) is 6. The molecule has 0 unspecified atom stereocenters. The Morgan fingerprint density at radius 2 is 1.68 bits per heavy atom. The van der Waals surface area contributed by atoms with Gasteiger partial charge in [0, 0.05) is 18.6 Å². The van der Waals surface area contributed by atoms with E-state index in [1.165, 1.54) is 24.3 Å². The van der Waals surface area contributed by atoms with E-state index in [1.54, 1.807) is 20.8 Å². The zero-order valence-electron chi connectivity index (χ0n) is 15.9. The molecule has 0 aliphatic rings. The second-order valence-electron chi connectivity index (χ2n) is 7.06. The molecule has 0 saturated heterocycles. The third-order valence-corrected chi connectivity index (χ3v) is 3.52. The Morgan fingerprint density at radius 3 is 2.21 bits per heavy atom. The lowest BCUT2D eigenvalue weighted by Crippen LogP contribution is -2.46. The number of alkyl carbamates (subject to hydrolysis) is 1. The summed E-state index contributed by atoms with van der Waals surface area (Å²) in [5.41, 5.74) is -0.0133. The summed E-state index contributed by atoms with van der Waals surface area (Å²) < 4.78 is 10.5. The molecule has 2 rings (SSSR count). The van der Waals surface area contributed by atoms with Gasteiger partial charge in [-0.3, -0.25) is 10.1 Å². The maximum absolute atomic E-state index is 12.6. The predicted octanol–water partition coefficient (Wildman–Crippen LogP) is 3.64. The largest absolute Gasteiger partial charge is 0.444 e. The van der Waals surface area contributed by atoms with Gasteiger partial charge in [0.1, 0.15) is 17.4 Å². The Labute approximate surface area is 162 Å². The van der Waals surface area contributed by atoms with E-state index in [2.05, 4.69) is 5.32 Å². The molecule has 8 heteroatoms. The molecule has 0 aliphatic carbocycles. The number of nitrogens with one attached hydrogen (secondary N) is 1. The van der Waals surface area contributed by atoms with Crippen LogP contribution >= 0.6 is 0 Å². The number of nitrogens with zero attached hydrogens (tertiary/aromatic N) is 1. The van der Waals surface area contributed by atoms with Gasteiger partial charge in [0.25, 0.3) is 5.69 Å². The molecule has 2 aromatic rings. The number of ether oxygens (including phenoxy) is 2. The molecule has 0 heterocycles. The van der Waals surface area contributed by atoms with Crippen molar-refractivity contribution in [3.05, 3.63) is 70.3 Å². The molecule has 1 amide bonds. The highest BCUT2D eigenvalue weighted by atomic mass is 16.6. The number of carbonyl (C=O) groups excluding carboxylic acids is 2. The Kier molecular flexibility index (Phi) is 6.70. The van der Waals surface area contributed by atoms with Gasteiger partial charge < -0.3 is 14.8 Å². The molecule has 148 valence electrons. The molecule has 28 heavy (non-hydrogen) atoms. The fourth-order valence-electron chi connectivity index (χ4n) is 2.32. The first-order chi connectivity index (χ1) is 13.1. The highest BCUT2D eigenvalue weighted by Gasteiger charge is 2.26. The highest BCUT2D eigenvalue weighted by Crippen LogP contribution is 2.18. The van der Waals surface area contributed by atoms with Crippen molar-refractivity contribution in [1.82, 2.24) is 5.32 Å². The molecule has 0 aliphatic heterocycles. The summed E-state index contributed by atoms with van der Waals surface area (Å²) >= 11 is 0. The molecular formula is C20H22N2O6. The molecule has 8 nitrogen and oxygen atoms in total. The minimum absolute atomic E-state index is 0.118. The number of esters is 1. The van der Waals surface area contributed by atoms with Crippen LogP contribution in [0.3, 0.4) is 0 Å². The number of benzene rings is 2. The average molecular weight is 386 g/mol. The topological polar surface area (TPSA) is 108 Å². The first-order valence-corrected chi connectivity index (χ1v) is 8.63. The second kappa shape index (κ2) is 8.98. The van der Waals surface area contributed by atoms with Crippen LogP contribution in [-0.2, 0) is 16.0 Å². The van der Waals surface area contributed by atoms with Crippen molar-refractivity contribution in [3.8, 4) is 5.75 Å². The third-order valence-electron chi connectivity index (χ3n) is 3.52. The van der Waals surface area contributed by atoms with E-state index < -0.39 is 28.6 Å². The number of carbonyl (C=O) groups is 2. The molecule has 0 spiro atoms. The Hall–Kier alpha value is -3.42. The minimum atomic E-state index is -0.993. The minimum Gasteiger partial charge on any atom is -0.444 e. The van der Waals surface area contributed by atoms with Gasteiger partial charge in [0.2, 0.25) is 0 Å². The van der Waals surface area contributed by atoms with E-state index in [-0.39, 0.29) is 17.9 Å². The summed E-state index contributed by atoms with van der Waals surface area (Å²) in [6, 6.07) is 13.2. The van der Waals surface area contributed by atoms with E-state index in [4.69, 9.17) is 9.47 Å². The van der Waals surface area contributed by atoms with Gasteiger partial charge in [-0.05, 0) is 38.5 Å². The van der Waals surface area contributed by atoms with Gasteiger partial charge in [-0.15, -0.1) is 0 Å². The zero-order chi connectivity index (χ0) is 20.7. The molecule has 0 bridgehead atoms.